The number of hydrogen-bond acceptors (Lipinski definition) is 4. The molecule has 1 aromatic rings. The number of rotatable bonds is 2. The van der Waals surface area contributed by atoms with E-state index in [1.165, 1.54) is 24.3 Å². The van der Waals surface area contributed by atoms with Crippen molar-refractivity contribution in [2.75, 3.05) is 0 Å². The summed E-state index contributed by atoms with van der Waals surface area (Å²) in [4.78, 5) is 12.3. The summed E-state index contributed by atoms with van der Waals surface area (Å²) < 4.78 is 0. The van der Waals surface area contributed by atoms with Crippen molar-refractivity contribution in [2.45, 2.75) is 0 Å². The van der Waals surface area contributed by atoms with Gasteiger partial charge in [0.25, 0.3) is 5.69 Å². The minimum absolute atomic E-state index is 0.0391. The second-order valence-corrected chi connectivity index (χ2v) is 2.39. The van der Waals surface area contributed by atoms with E-state index < -0.39 is 10.8 Å². The average Bonchev–Trinajstić information content (AvgIpc) is 2.26. The quantitative estimate of drug-likeness (QED) is 0.116. The fourth-order valence-electron chi connectivity index (χ4n) is 0.992. The smallest absolute Gasteiger partial charge is 0.278 e. The monoisotopic (exact) mass is 207 g/mol. The molecule has 1 N–H and O–H groups in total. The Kier molecular flexibility index (Phi) is 3.20. The van der Waals surface area contributed by atoms with Crippen LogP contribution in [0.25, 0.3) is 10.4 Å². The Morgan fingerprint density at radius 1 is 1.53 bits per heavy atom. The molecule has 8 nitrogen and oxygen atoms in total. The number of hydrogen-bond donors (Lipinski definition) is 1. The lowest BCUT2D eigenvalue weighted by Gasteiger charge is -1.98. The molecular formula is C7H5N5O3. The molecule has 0 atom stereocenters. The van der Waals surface area contributed by atoms with Gasteiger partial charge >= 0.3 is 0 Å². The summed E-state index contributed by atoms with van der Waals surface area (Å²) >= 11 is 0. The highest BCUT2D eigenvalue weighted by atomic mass is 16.6. The van der Waals surface area contributed by atoms with E-state index in [4.69, 9.17) is 10.7 Å². The Morgan fingerprint density at radius 2 is 2.20 bits per heavy atom. The van der Waals surface area contributed by atoms with E-state index in [-0.39, 0.29) is 11.3 Å². The predicted molar refractivity (Wildman–Crippen MR) is 50.6 cm³/mol. The molecule has 1 rings (SSSR count). The molecule has 0 aliphatic rings. The van der Waals surface area contributed by atoms with Crippen LogP contribution in [-0.2, 0) is 0 Å². The largest absolute Gasteiger partial charge is 0.410 e. The number of nitro groups is 1. The summed E-state index contributed by atoms with van der Waals surface area (Å²) in [7, 11) is 0. The average molecular weight is 207 g/mol. The van der Waals surface area contributed by atoms with E-state index in [1.54, 1.807) is 0 Å². The summed E-state index contributed by atoms with van der Waals surface area (Å²) in [5.41, 5.74) is 7.82. The van der Waals surface area contributed by atoms with Gasteiger partial charge in [-0.15, -0.1) is 0 Å². The third-order valence-corrected chi connectivity index (χ3v) is 1.58. The summed E-state index contributed by atoms with van der Waals surface area (Å²) in [5.74, 6) is -0.440. The lowest BCUT2D eigenvalue weighted by atomic mass is 10.1. The molecule has 0 aromatic heterocycles. The molecule has 0 saturated heterocycles. The molecule has 0 saturated carbocycles. The van der Waals surface area contributed by atoms with Crippen molar-refractivity contribution >= 4 is 11.5 Å². The van der Waals surface area contributed by atoms with Gasteiger partial charge in [0.05, 0.1) is 10.5 Å². The Bertz CT molecular complexity index is 463. The summed E-state index contributed by atoms with van der Waals surface area (Å²) in [6, 6.07) is 5.49. The van der Waals surface area contributed by atoms with Gasteiger partial charge in [0.2, 0.25) is 0 Å². The number of oxime groups is 1. The maximum atomic E-state index is 10.6. The molecule has 15 heavy (non-hydrogen) atoms. The van der Waals surface area contributed by atoms with Gasteiger partial charge in [-0.2, -0.15) is 0 Å². The standard InChI is InChI=1S/C7H5N5O3/c8-11-9-7(10-13)5-3-1-2-4-6(5)12(14)15/h1-4,13H/b10-7+. The lowest BCUT2D eigenvalue weighted by molar-refractivity contribution is -0.385. The molecule has 0 aliphatic carbocycles. The van der Waals surface area contributed by atoms with Crippen molar-refractivity contribution in [3.63, 3.8) is 0 Å². The molecule has 0 unspecified atom stereocenters. The van der Waals surface area contributed by atoms with Crippen LogP contribution in [-0.4, -0.2) is 16.0 Å². The summed E-state index contributed by atoms with van der Waals surface area (Å²) in [6.07, 6.45) is 0. The minimum Gasteiger partial charge on any atom is -0.410 e. The fraction of sp³-hybridized carbons (Fsp3) is 0. The Balaban J connectivity index is 3.35. The number of nitro benzene ring substituents is 1. The van der Waals surface area contributed by atoms with E-state index in [2.05, 4.69) is 15.2 Å². The first kappa shape index (κ1) is 10.5. The van der Waals surface area contributed by atoms with E-state index in [9.17, 15) is 10.1 Å². The van der Waals surface area contributed by atoms with Gasteiger partial charge in [-0.1, -0.05) is 17.3 Å². The summed E-state index contributed by atoms with van der Waals surface area (Å²) in [6.45, 7) is 0. The van der Waals surface area contributed by atoms with Crippen LogP contribution in [0.1, 0.15) is 5.56 Å². The Hall–Kier alpha value is -2.60. The van der Waals surface area contributed by atoms with E-state index in [1.807, 2.05) is 0 Å². The van der Waals surface area contributed by atoms with Crippen molar-refractivity contribution in [1.29, 1.82) is 0 Å². The third kappa shape index (κ3) is 2.20. The van der Waals surface area contributed by atoms with Crippen LogP contribution >= 0.6 is 0 Å². The predicted octanol–water partition coefficient (Wildman–Crippen LogP) is 2.04. The highest BCUT2D eigenvalue weighted by Crippen LogP contribution is 2.18. The topological polar surface area (TPSA) is 124 Å². The first-order valence-corrected chi connectivity index (χ1v) is 3.71. The molecule has 0 heterocycles. The molecule has 0 radical (unpaired) electrons. The number of nitrogens with zero attached hydrogens (tertiary/aromatic N) is 5. The number of benzene rings is 1. The van der Waals surface area contributed by atoms with Crippen LogP contribution in [0, 0.1) is 10.1 Å². The van der Waals surface area contributed by atoms with Gasteiger partial charge in [0, 0.05) is 11.0 Å². The first-order chi connectivity index (χ1) is 7.20. The first-order valence-electron chi connectivity index (χ1n) is 3.71. The van der Waals surface area contributed by atoms with E-state index >= 15 is 0 Å². The minimum atomic E-state index is -0.659. The maximum Gasteiger partial charge on any atom is 0.278 e. The van der Waals surface area contributed by atoms with Crippen LogP contribution in [0.2, 0.25) is 0 Å². The Morgan fingerprint density at radius 3 is 2.73 bits per heavy atom. The molecule has 0 spiro atoms. The van der Waals surface area contributed by atoms with Crippen LogP contribution in [0.4, 0.5) is 5.69 Å². The second-order valence-electron chi connectivity index (χ2n) is 2.39. The summed E-state index contributed by atoms with van der Waals surface area (Å²) in [5, 5.41) is 24.8. The molecular weight excluding hydrogens is 202 g/mol. The molecule has 0 amide bonds. The highest BCUT2D eigenvalue weighted by Gasteiger charge is 2.16. The van der Waals surface area contributed by atoms with Gasteiger partial charge in [-0.3, -0.25) is 10.1 Å². The normalized spacial score (nSPS) is 10.5. The molecule has 0 fully saturated rings. The highest BCUT2D eigenvalue weighted by molar-refractivity contribution is 6.02. The fourth-order valence-corrected chi connectivity index (χ4v) is 0.992. The van der Waals surface area contributed by atoms with Crippen LogP contribution < -0.4 is 0 Å². The number of azide groups is 1. The van der Waals surface area contributed by atoms with Crippen molar-refractivity contribution in [2.24, 2.45) is 10.3 Å². The van der Waals surface area contributed by atoms with Gasteiger partial charge in [0.1, 0.15) is 0 Å². The maximum absolute atomic E-state index is 10.6. The van der Waals surface area contributed by atoms with E-state index in [0.29, 0.717) is 0 Å². The molecule has 1 aromatic carbocycles. The zero-order valence-electron chi connectivity index (χ0n) is 7.31. The molecule has 76 valence electrons. The van der Waals surface area contributed by atoms with E-state index in [0.717, 1.165) is 0 Å². The number of para-hydroxylation sites is 1. The SMILES string of the molecule is [N-]=[N+]=N/C(=N/O)c1ccccc1[N+](=O)[O-]. The third-order valence-electron chi connectivity index (χ3n) is 1.58. The van der Waals surface area contributed by atoms with Crippen molar-refractivity contribution < 1.29 is 10.1 Å². The molecule has 8 heteroatoms. The molecule has 0 bridgehead atoms. The number of amidine groups is 1. The van der Waals surface area contributed by atoms with Gasteiger partial charge in [-0.25, -0.2) is 0 Å². The lowest BCUT2D eigenvalue weighted by Crippen LogP contribution is -2.01. The van der Waals surface area contributed by atoms with Gasteiger partial charge < -0.3 is 5.21 Å². The Labute approximate surface area is 83.2 Å². The van der Waals surface area contributed by atoms with Crippen LogP contribution in [0.3, 0.4) is 0 Å². The van der Waals surface area contributed by atoms with Gasteiger partial charge in [-0.05, 0) is 16.7 Å². The zero-order chi connectivity index (χ0) is 11.3. The van der Waals surface area contributed by atoms with Crippen molar-refractivity contribution in [3.05, 3.63) is 50.4 Å². The zero-order valence-corrected chi connectivity index (χ0v) is 7.31. The molecule has 0 aliphatic heterocycles. The van der Waals surface area contributed by atoms with Gasteiger partial charge in [0.15, 0.2) is 5.84 Å². The van der Waals surface area contributed by atoms with Crippen LogP contribution in [0.5, 0.6) is 0 Å². The van der Waals surface area contributed by atoms with Crippen molar-refractivity contribution in [1.82, 2.24) is 0 Å². The van der Waals surface area contributed by atoms with Crippen LogP contribution in [0.15, 0.2) is 34.5 Å². The second kappa shape index (κ2) is 4.58. The van der Waals surface area contributed by atoms with Crippen molar-refractivity contribution in [3.8, 4) is 0 Å².